The Morgan fingerprint density at radius 1 is 0.703 bits per heavy atom. The summed E-state index contributed by atoms with van der Waals surface area (Å²) in [6, 6.07) is 0. The molecule has 4 rings (SSSR count). The SMILES string of the molecule is C=COCC.C=COCC1CCCN(C)C1.CN1CCCC(CO)C1.CN1CCCC(COC2CC2)C1. The van der Waals surface area contributed by atoms with Crippen molar-refractivity contribution in [1.29, 1.82) is 0 Å². The zero-order valence-electron chi connectivity index (χ0n) is 24.6. The lowest BCUT2D eigenvalue weighted by molar-refractivity contribution is 0.0573. The molecule has 7 nitrogen and oxygen atoms in total. The Morgan fingerprint density at radius 2 is 1.16 bits per heavy atom. The molecule has 1 saturated carbocycles. The molecule has 0 aromatic heterocycles. The van der Waals surface area contributed by atoms with Gasteiger partial charge in [0.15, 0.2) is 0 Å². The largest absolute Gasteiger partial charge is 0.502 e. The van der Waals surface area contributed by atoms with Gasteiger partial charge in [0.25, 0.3) is 0 Å². The van der Waals surface area contributed by atoms with E-state index in [0.29, 0.717) is 24.5 Å². The van der Waals surface area contributed by atoms with Crippen LogP contribution in [0.3, 0.4) is 0 Å². The second-order valence-corrected chi connectivity index (χ2v) is 11.1. The van der Waals surface area contributed by atoms with Gasteiger partial charge in [-0.2, -0.15) is 0 Å². The van der Waals surface area contributed by atoms with Crippen molar-refractivity contribution in [3.63, 3.8) is 0 Å². The standard InChI is InChI=1S/C10H19NO.C9H17NO.C7H15NO.C4H8O/c1-11-6-2-3-9(7-11)8-12-10-4-5-10;1-3-11-8-9-5-4-6-10(2)7-9;1-8-4-2-3-7(5-8)6-9;1-3-5-4-2/h9-10H,2-8H2,1H3;3,9H,1,4-8H2,2H3;7,9H,2-6H2,1H3;3H,1,4H2,2H3. The second-order valence-electron chi connectivity index (χ2n) is 11.1. The van der Waals surface area contributed by atoms with Crippen molar-refractivity contribution in [2.24, 2.45) is 17.8 Å². The summed E-state index contributed by atoms with van der Waals surface area (Å²) in [5, 5.41) is 8.78. The smallest absolute Gasteiger partial charge is 0.0913 e. The molecule has 3 unspecified atom stereocenters. The molecule has 218 valence electrons. The van der Waals surface area contributed by atoms with Gasteiger partial charge >= 0.3 is 0 Å². The summed E-state index contributed by atoms with van der Waals surface area (Å²) in [7, 11) is 6.49. The monoisotopic (exact) mass is 525 g/mol. The van der Waals surface area contributed by atoms with E-state index in [1.54, 1.807) is 0 Å². The van der Waals surface area contributed by atoms with Gasteiger partial charge in [-0.05, 0) is 111 Å². The van der Waals surface area contributed by atoms with Gasteiger partial charge in [-0.25, -0.2) is 0 Å². The fourth-order valence-corrected chi connectivity index (χ4v) is 5.07. The summed E-state index contributed by atoms with van der Waals surface area (Å²) < 4.78 is 15.5. The molecule has 3 aliphatic heterocycles. The van der Waals surface area contributed by atoms with Gasteiger partial charge in [-0.1, -0.05) is 13.2 Å². The molecule has 0 radical (unpaired) electrons. The third kappa shape index (κ3) is 18.7. The summed E-state index contributed by atoms with van der Waals surface area (Å²) in [6.45, 7) is 18.9. The van der Waals surface area contributed by atoms with Gasteiger partial charge in [-0.3, -0.25) is 0 Å². The van der Waals surface area contributed by atoms with E-state index < -0.39 is 0 Å². The van der Waals surface area contributed by atoms with Crippen molar-refractivity contribution >= 4 is 0 Å². The Kier molecular flexibility index (Phi) is 20.0. The Balaban J connectivity index is 0.000000257. The average Bonchev–Trinajstić information content (AvgIpc) is 3.73. The van der Waals surface area contributed by atoms with Gasteiger partial charge in [-0.15, -0.1) is 0 Å². The first-order valence-electron chi connectivity index (χ1n) is 14.6. The van der Waals surface area contributed by atoms with Gasteiger partial charge in [0.2, 0.25) is 0 Å². The molecule has 7 heteroatoms. The Labute approximate surface area is 228 Å². The maximum atomic E-state index is 8.78. The summed E-state index contributed by atoms with van der Waals surface area (Å²) in [5.74, 6) is 2.07. The molecule has 1 aliphatic carbocycles. The first-order chi connectivity index (χ1) is 17.9. The predicted octanol–water partition coefficient (Wildman–Crippen LogP) is 4.48. The molecule has 3 heterocycles. The topological polar surface area (TPSA) is 57.6 Å². The highest BCUT2D eigenvalue weighted by Gasteiger charge is 2.25. The number of likely N-dealkylation sites (tertiary alicyclic amines) is 3. The minimum absolute atomic E-state index is 0.365. The van der Waals surface area contributed by atoms with Gasteiger partial charge < -0.3 is 34.0 Å². The molecule has 4 aliphatic rings. The molecule has 3 atom stereocenters. The molecule has 0 bridgehead atoms. The minimum Gasteiger partial charge on any atom is -0.502 e. The molecule has 0 aromatic carbocycles. The van der Waals surface area contributed by atoms with E-state index in [9.17, 15) is 0 Å². The first kappa shape index (κ1) is 33.9. The number of rotatable bonds is 9. The van der Waals surface area contributed by atoms with Crippen LogP contribution in [0.4, 0.5) is 0 Å². The van der Waals surface area contributed by atoms with Crippen molar-refractivity contribution in [2.45, 2.75) is 64.4 Å². The van der Waals surface area contributed by atoms with Crippen LogP contribution in [0, 0.1) is 17.8 Å². The minimum atomic E-state index is 0.365. The van der Waals surface area contributed by atoms with E-state index in [1.165, 1.54) is 96.6 Å². The quantitative estimate of drug-likeness (QED) is 0.445. The average molecular weight is 526 g/mol. The molecule has 0 spiro atoms. The highest BCUT2D eigenvalue weighted by molar-refractivity contribution is 4.76. The third-order valence-electron chi connectivity index (χ3n) is 7.25. The first-order valence-corrected chi connectivity index (χ1v) is 14.6. The zero-order chi connectivity index (χ0) is 27.3. The van der Waals surface area contributed by atoms with Crippen molar-refractivity contribution in [3.8, 4) is 0 Å². The lowest BCUT2D eigenvalue weighted by atomic mass is 10.00. The van der Waals surface area contributed by atoms with E-state index in [4.69, 9.17) is 14.6 Å². The molecular formula is C30H59N3O4. The molecule has 4 fully saturated rings. The van der Waals surface area contributed by atoms with Crippen molar-refractivity contribution < 1.29 is 19.3 Å². The maximum absolute atomic E-state index is 8.78. The summed E-state index contributed by atoms with van der Waals surface area (Å²) in [6.07, 6.45) is 14.0. The fourth-order valence-electron chi connectivity index (χ4n) is 5.07. The van der Waals surface area contributed by atoms with Gasteiger partial charge in [0.1, 0.15) is 0 Å². The lowest BCUT2D eigenvalue weighted by Gasteiger charge is -2.29. The van der Waals surface area contributed by atoms with Crippen LogP contribution in [0.1, 0.15) is 58.3 Å². The number of hydrogen-bond donors (Lipinski definition) is 1. The molecule has 1 N–H and O–H groups in total. The van der Waals surface area contributed by atoms with Gasteiger partial charge in [0, 0.05) is 32.2 Å². The van der Waals surface area contributed by atoms with Crippen LogP contribution in [0.25, 0.3) is 0 Å². The van der Waals surface area contributed by atoms with E-state index >= 15 is 0 Å². The highest BCUT2D eigenvalue weighted by atomic mass is 16.5. The Hall–Kier alpha value is -1.12. The van der Waals surface area contributed by atoms with Crippen LogP contribution in [0.15, 0.2) is 25.7 Å². The number of hydrogen-bond acceptors (Lipinski definition) is 7. The molecule has 0 aromatic rings. The van der Waals surface area contributed by atoms with E-state index in [-0.39, 0.29) is 0 Å². The fraction of sp³-hybridized carbons (Fsp3) is 0.867. The van der Waals surface area contributed by atoms with E-state index in [0.717, 1.165) is 32.3 Å². The number of piperidine rings is 3. The van der Waals surface area contributed by atoms with Crippen LogP contribution in [0.2, 0.25) is 0 Å². The van der Waals surface area contributed by atoms with Crippen LogP contribution in [0.5, 0.6) is 0 Å². The molecule has 3 saturated heterocycles. The Bertz CT molecular complexity index is 561. The lowest BCUT2D eigenvalue weighted by Crippen LogP contribution is -2.34. The van der Waals surface area contributed by atoms with Gasteiger partial charge in [0.05, 0.1) is 38.4 Å². The van der Waals surface area contributed by atoms with Crippen LogP contribution in [-0.2, 0) is 14.2 Å². The predicted molar refractivity (Wildman–Crippen MR) is 155 cm³/mol. The summed E-state index contributed by atoms with van der Waals surface area (Å²) in [5.41, 5.74) is 0. The number of nitrogens with zero attached hydrogens (tertiary/aromatic N) is 3. The molecule has 0 amide bonds. The summed E-state index contributed by atoms with van der Waals surface area (Å²) >= 11 is 0. The van der Waals surface area contributed by atoms with Crippen molar-refractivity contribution in [1.82, 2.24) is 14.7 Å². The number of ether oxygens (including phenoxy) is 3. The van der Waals surface area contributed by atoms with Crippen molar-refractivity contribution in [2.75, 3.05) is 86.8 Å². The number of aliphatic hydroxyl groups is 1. The van der Waals surface area contributed by atoms with Crippen LogP contribution >= 0.6 is 0 Å². The van der Waals surface area contributed by atoms with Crippen LogP contribution in [-0.4, -0.2) is 113 Å². The van der Waals surface area contributed by atoms with E-state index in [1.807, 2.05) is 6.92 Å². The van der Waals surface area contributed by atoms with E-state index in [2.05, 4.69) is 53.7 Å². The Morgan fingerprint density at radius 3 is 1.51 bits per heavy atom. The van der Waals surface area contributed by atoms with Crippen LogP contribution < -0.4 is 0 Å². The summed E-state index contributed by atoms with van der Waals surface area (Å²) in [4.78, 5) is 7.06. The second kappa shape index (κ2) is 21.8. The number of aliphatic hydroxyl groups excluding tert-OH is 1. The highest BCUT2D eigenvalue weighted by Crippen LogP contribution is 2.25. The third-order valence-corrected chi connectivity index (χ3v) is 7.25. The molecular weight excluding hydrogens is 466 g/mol. The van der Waals surface area contributed by atoms with Crippen molar-refractivity contribution in [3.05, 3.63) is 25.7 Å². The normalized spacial score (nSPS) is 26.7. The maximum Gasteiger partial charge on any atom is 0.0913 e. The molecule has 37 heavy (non-hydrogen) atoms. The zero-order valence-corrected chi connectivity index (χ0v) is 24.6.